The first kappa shape index (κ1) is 51.1. The van der Waals surface area contributed by atoms with E-state index in [0.717, 1.165) is 23.1 Å². The Labute approximate surface area is 405 Å². The fraction of sp³-hybridized carbons (Fsp3) is 0.412. The maximum Gasteiger partial charge on any atom is 0.416 e. The largest absolute Gasteiger partial charge is 0.445 e. The Morgan fingerprint density at radius 2 is 1.62 bits per heavy atom. The number of anilines is 1. The van der Waals surface area contributed by atoms with Crippen LogP contribution in [0.4, 0.5) is 23.9 Å². The van der Waals surface area contributed by atoms with E-state index in [4.69, 9.17) is 25.8 Å². The van der Waals surface area contributed by atoms with Gasteiger partial charge in [0.2, 0.25) is 0 Å². The maximum absolute atomic E-state index is 15.7. The van der Waals surface area contributed by atoms with Gasteiger partial charge in [-0.3, -0.25) is 9.47 Å². The number of hydrogen-bond acceptors (Lipinski definition) is 10. The van der Waals surface area contributed by atoms with Crippen molar-refractivity contribution in [3.8, 4) is 16.9 Å². The molecular formula is C51H61ClFN7O7S. The zero-order valence-corrected chi connectivity index (χ0v) is 41.5. The summed E-state index contributed by atoms with van der Waals surface area (Å²) >= 11 is 7.74. The third-order valence-electron chi connectivity index (χ3n) is 10.8. The third kappa shape index (κ3) is 14.1. The molecule has 3 aromatic heterocycles. The van der Waals surface area contributed by atoms with E-state index in [9.17, 15) is 19.2 Å². The van der Waals surface area contributed by atoms with Crippen LogP contribution in [-0.2, 0) is 27.2 Å². The zero-order chi connectivity index (χ0) is 49.2. The van der Waals surface area contributed by atoms with E-state index in [-0.39, 0.29) is 35.4 Å². The lowest BCUT2D eigenvalue weighted by Gasteiger charge is -2.35. The molecule has 0 aliphatic carbocycles. The molecule has 3 heterocycles. The molecule has 17 heteroatoms. The van der Waals surface area contributed by atoms with Crippen molar-refractivity contribution >= 4 is 57.4 Å². The third-order valence-corrected chi connectivity index (χ3v) is 11.8. The van der Waals surface area contributed by atoms with Gasteiger partial charge in [0.25, 0.3) is 0 Å². The second-order valence-corrected chi connectivity index (χ2v) is 20.0. The van der Waals surface area contributed by atoms with Gasteiger partial charge in [0.1, 0.15) is 23.5 Å². The SMILES string of the molecule is CCCCN(C(=O)OC(C)(C)C)[C@@H](CCN(C(=O)OC(C)(C)C)c1nccs1)c1ccc(-n2cc3cc(-c4cc(CCC[C@H](C)NC(=O)OCc5ccccc5)cc(Cl)c4F)[nH]c3nc2=O)cc1. The highest BCUT2D eigenvalue weighted by atomic mass is 35.5. The van der Waals surface area contributed by atoms with Crippen molar-refractivity contribution in [3.63, 3.8) is 0 Å². The monoisotopic (exact) mass is 969 g/mol. The summed E-state index contributed by atoms with van der Waals surface area (Å²) in [6.45, 7) is 15.5. The predicted octanol–water partition coefficient (Wildman–Crippen LogP) is 12.2. The van der Waals surface area contributed by atoms with E-state index < -0.39 is 47.0 Å². The highest BCUT2D eigenvalue weighted by molar-refractivity contribution is 7.13. The number of alkyl carbamates (subject to hydrolysis) is 1. The van der Waals surface area contributed by atoms with Crippen molar-refractivity contribution in [2.45, 2.75) is 124 Å². The number of aromatic nitrogens is 4. The van der Waals surface area contributed by atoms with E-state index in [1.165, 1.54) is 20.8 Å². The standard InChI is InChI=1S/C51H61ClFN7O7S/c1-9-10-25-58(48(63)66-50(3,4)5)42(23-26-59(46-54-24-27-68-46)49(64)67-51(6,7)8)36-19-21-38(22-20-36)60-31-37-30-41(56-44(37)57-45(60)61)39-28-35(29-40(52)43(39)53)18-14-15-33(2)55-47(62)65-32-34-16-12-11-13-17-34/h11-13,16-17,19-22,24,27-31,33,42H,9-10,14-15,18,23,25-26,32H2,1-8H3,(H,55,62)(H,56,57,61)/t33-,42-/m0/s1. The van der Waals surface area contributed by atoms with Crippen LogP contribution < -0.4 is 15.9 Å². The lowest BCUT2D eigenvalue weighted by Crippen LogP contribution is -2.42. The van der Waals surface area contributed by atoms with Gasteiger partial charge in [-0.2, -0.15) is 4.98 Å². The molecule has 3 amide bonds. The van der Waals surface area contributed by atoms with Gasteiger partial charge in [-0.25, -0.2) is 28.6 Å². The molecule has 0 saturated carbocycles. The summed E-state index contributed by atoms with van der Waals surface area (Å²) in [7, 11) is 0. The summed E-state index contributed by atoms with van der Waals surface area (Å²) in [6, 6.07) is 21.0. The van der Waals surface area contributed by atoms with Crippen LogP contribution in [0, 0.1) is 5.82 Å². The lowest BCUT2D eigenvalue weighted by molar-refractivity contribution is 0.0146. The number of halogens is 2. The molecule has 3 aromatic carbocycles. The number of ether oxygens (including phenoxy) is 3. The number of aryl methyl sites for hydroxylation is 1. The van der Waals surface area contributed by atoms with E-state index in [1.807, 2.05) is 77.1 Å². The van der Waals surface area contributed by atoms with Crippen molar-refractivity contribution in [1.82, 2.24) is 29.7 Å². The van der Waals surface area contributed by atoms with E-state index in [0.29, 0.717) is 60.5 Å². The molecule has 0 spiro atoms. The van der Waals surface area contributed by atoms with E-state index >= 15 is 4.39 Å². The maximum atomic E-state index is 15.7. The number of benzene rings is 3. The Morgan fingerprint density at radius 1 is 0.912 bits per heavy atom. The van der Waals surface area contributed by atoms with Gasteiger partial charge in [0, 0.05) is 47.9 Å². The molecule has 0 fully saturated rings. The number of unbranched alkanes of at least 4 members (excludes halogenated alkanes) is 1. The van der Waals surface area contributed by atoms with Crippen molar-refractivity contribution < 1.29 is 33.0 Å². The quantitative estimate of drug-likeness (QED) is 0.0799. The number of fused-ring (bicyclic) bond motifs is 1. The van der Waals surface area contributed by atoms with Crippen LogP contribution in [0.5, 0.6) is 0 Å². The van der Waals surface area contributed by atoms with Crippen LogP contribution in [0.1, 0.15) is 110 Å². The number of carbonyl (C=O) groups is 3. The number of rotatable bonds is 18. The van der Waals surface area contributed by atoms with Crippen molar-refractivity contribution in [1.29, 1.82) is 0 Å². The second-order valence-electron chi connectivity index (χ2n) is 18.7. The van der Waals surface area contributed by atoms with Crippen LogP contribution >= 0.6 is 22.9 Å². The topological polar surface area (TPSA) is 161 Å². The molecule has 0 aliphatic rings. The Hall–Kier alpha value is -6.26. The van der Waals surface area contributed by atoms with Crippen LogP contribution in [0.15, 0.2) is 95.4 Å². The fourth-order valence-corrected chi connectivity index (χ4v) is 8.43. The molecule has 14 nitrogen and oxygen atoms in total. The number of hydrogen-bond donors (Lipinski definition) is 2. The van der Waals surface area contributed by atoms with Gasteiger partial charge in [-0.1, -0.05) is 67.4 Å². The molecule has 362 valence electrons. The van der Waals surface area contributed by atoms with Crippen molar-refractivity contribution in [2.24, 2.45) is 0 Å². The minimum atomic E-state index is -0.759. The van der Waals surface area contributed by atoms with Gasteiger partial charge < -0.3 is 29.4 Å². The van der Waals surface area contributed by atoms with Crippen molar-refractivity contribution in [2.75, 3.05) is 18.0 Å². The van der Waals surface area contributed by atoms with Gasteiger partial charge in [-0.15, -0.1) is 11.3 Å². The fourth-order valence-electron chi connectivity index (χ4n) is 7.53. The van der Waals surface area contributed by atoms with E-state index in [2.05, 4.69) is 20.3 Å². The highest BCUT2D eigenvalue weighted by Gasteiger charge is 2.32. The molecule has 0 radical (unpaired) electrons. The van der Waals surface area contributed by atoms with Gasteiger partial charge in [0.15, 0.2) is 10.9 Å². The summed E-state index contributed by atoms with van der Waals surface area (Å²) in [6.07, 6.45) is 5.47. The van der Waals surface area contributed by atoms with Crippen LogP contribution in [0.3, 0.4) is 0 Å². The summed E-state index contributed by atoms with van der Waals surface area (Å²) in [5, 5.41) is 5.62. The van der Waals surface area contributed by atoms with Crippen LogP contribution in [0.25, 0.3) is 28.0 Å². The Morgan fingerprint density at radius 3 is 2.28 bits per heavy atom. The van der Waals surface area contributed by atoms with Crippen LogP contribution in [0.2, 0.25) is 5.02 Å². The zero-order valence-electron chi connectivity index (χ0n) is 39.9. The van der Waals surface area contributed by atoms with Crippen LogP contribution in [-0.4, -0.2) is 73.0 Å². The average molecular weight is 971 g/mol. The van der Waals surface area contributed by atoms with Crippen molar-refractivity contribution in [3.05, 3.63) is 129 Å². The van der Waals surface area contributed by atoms with Gasteiger partial charge in [-0.05, 0) is 128 Å². The first-order valence-corrected chi connectivity index (χ1v) is 24.1. The summed E-state index contributed by atoms with van der Waals surface area (Å²) in [4.78, 5) is 68.4. The normalized spacial score (nSPS) is 12.6. The molecule has 0 bridgehead atoms. The Balaban J connectivity index is 1.22. The smallest absolute Gasteiger partial charge is 0.416 e. The van der Waals surface area contributed by atoms with Gasteiger partial charge >= 0.3 is 24.0 Å². The lowest BCUT2D eigenvalue weighted by atomic mass is 10.0. The number of carbonyl (C=O) groups excluding carboxylic acids is 3. The minimum absolute atomic E-state index is 0.0431. The molecule has 0 saturated heterocycles. The molecule has 2 atom stereocenters. The number of amides is 3. The highest BCUT2D eigenvalue weighted by Crippen LogP contribution is 2.33. The summed E-state index contributed by atoms with van der Waals surface area (Å²) in [5.41, 5.74) is 1.79. The molecular weight excluding hydrogens is 909 g/mol. The number of nitrogens with zero attached hydrogens (tertiary/aromatic N) is 5. The summed E-state index contributed by atoms with van der Waals surface area (Å²) < 4.78 is 34.1. The van der Waals surface area contributed by atoms with Gasteiger partial charge in [0.05, 0.1) is 22.4 Å². The molecule has 68 heavy (non-hydrogen) atoms. The molecule has 6 rings (SSSR count). The first-order valence-electron chi connectivity index (χ1n) is 22.9. The average Bonchev–Trinajstić information content (AvgIpc) is 3.96. The molecule has 0 unspecified atom stereocenters. The first-order chi connectivity index (χ1) is 32.3. The molecule has 2 N–H and O–H groups in total. The predicted molar refractivity (Wildman–Crippen MR) is 265 cm³/mol. The Kier molecular flexibility index (Phi) is 17.1. The molecule has 0 aliphatic heterocycles. The number of H-pyrrole nitrogens is 1. The van der Waals surface area contributed by atoms with E-state index in [1.54, 1.807) is 73.8 Å². The minimum Gasteiger partial charge on any atom is -0.445 e. The molecule has 6 aromatic rings. The Bertz CT molecular complexity index is 2700. The number of aromatic amines is 1. The number of nitrogens with one attached hydrogen (secondary N) is 2. The second kappa shape index (κ2) is 22.7. The number of thiazole rings is 1. The summed E-state index contributed by atoms with van der Waals surface area (Å²) in [5.74, 6) is -0.612.